The highest BCUT2D eigenvalue weighted by molar-refractivity contribution is 6.24. The minimum absolute atomic E-state index is 0.0100. The zero-order chi connectivity index (χ0) is 18.4. The molecule has 27 heavy (non-hydrogen) atoms. The molecule has 0 saturated carbocycles. The topological polar surface area (TPSA) is 55.6 Å². The van der Waals surface area contributed by atoms with Crippen LogP contribution in [-0.4, -0.2) is 18.2 Å². The zero-order valence-electron chi connectivity index (χ0n) is 14.7. The number of amides is 1. The fraction of sp³-hybridized carbons (Fsp3) is 0.0909. The van der Waals surface area contributed by atoms with Crippen molar-refractivity contribution in [2.75, 3.05) is 12.0 Å². The Bertz CT molecular complexity index is 1160. The van der Waals surface area contributed by atoms with Crippen LogP contribution in [0.15, 0.2) is 71.3 Å². The van der Waals surface area contributed by atoms with Crippen LogP contribution in [0.5, 0.6) is 5.75 Å². The van der Waals surface area contributed by atoms with E-state index in [1.54, 1.807) is 12.0 Å². The normalized spacial score (nSPS) is 12.8. The fourth-order valence-corrected chi connectivity index (χ4v) is 3.58. The molecule has 5 rings (SSSR count). The summed E-state index contributed by atoms with van der Waals surface area (Å²) < 4.78 is 10.7. The minimum atomic E-state index is -0.0100. The number of carbonyl (C=O) groups excluding carboxylic acids is 1. The molecule has 132 valence electrons. The summed E-state index contributed by atoms with van der Waals surface area (Å²) >= 11 is 0. The SMILES string of the molecule is COc1ccc(-c2cc(CN3C(=O)c4cccc5cccc3c45)on2)cc1. The van der Waals surface area contributed by atoms with Crippen molar-refractivity contribution in [3.05, 3.63) is 78.1 Å². The molecule has 0 aliphatic carbocycles. The van der Waals surface area contributed by atoms with Gasteiger partial charge in [-0.05, 0) is 41.8 Å². The lowest BCUT2D eigenvalue weighted by Gasteiger charge is -2.15. The Morgan fingerprint density at radius 2 is 1.81 bits per heavy atom. The molecule has 3 aromatic carbocycles. The second-order valence-electron chi connectivity index (χ2n) is 6.48. The second-order valence-corrected chi connectivity index (χ2v) is 6.48. The molecule has 0 saturated heterocycles. The molecule has 1 aromatic heterocycles. The van der Waals surface area contributed by atoms with Crippen molar-refractivity contribution in [2.24, 2.45) is 0 Å². The molecule has 1 amide bonds. The fourth-order valence-electron chi connectivity index (χ4n) is 3.58. The Kier molecular flexibility index (Phi) is 3.47. The monoisotopic (exact) mass is 356 g/mol. The molecule has 0 atom stereocenters. The third-order valence-electron chi connectivity index (χ3n) is 4.91. The Labute approximate surface area is 155 Å². The Morgan fingerprint density at radius 3 is 2.59 bits per heavy atom. The number of ether oxygens (including phenoxy) is 1. The molecule has 1 aliphatic heterocycles. The third-order valence-corrected chi connectivity index (χ3v) is 4.91. The van der Waals surface area contributed by atoms with Crippen LogP contribution in [0.1, 0.15) is 16.1 Å². The maximum absolute atomic E-state index is 12.9. The van der Waals surface area contributed by atoms with Crippen molar-refractivity contribution in [1.82, 2.24) is 5.16 Å². The predicted octanol–water partition coefficient (Wildman–Crippen LogP) is 4.66. The average molecular weight is 356 g/mol. The molecule has 5 heteroatoms. The minimum Gasteiger partial charge on any atom is -0.497 e. The lowest BCUT2D eigenvalue weighted by atomic mass is 10.1. The number of benzene rings is 3. The van der Waals surface area contributed by atoms with E-state index in [1.807, 2.05) is 66.7 Å². The molecule has 4 aromatic rings. The van der Waals surface area contributed by atoms with Crippen LogP contribution in [0, 0.1) is 0 Å². The number of carbonyl (C=O) groups is 1. The van der Waals surface area contributed by atoms with Crippen LogP contribution in [-0.2, 0) is 6.54 Å². The molecule has 5 nitrogen and oxygen atoms in total. The number of anilines is 1. The molecule has 0 radical (unpaired) electrons. The van der Waals surface area contributed by atoms with Crippen LogP contribution < -0.4 is 9.64 Å². The maximum Gasteiger partial charge on any atom is 0.259 e. The first-order valence-electron chi connectivity index (χ1n) is 8.68. The van der Waals surface area contributed by atoms with Crippen molar-refractivity contribution in [3.63, 3.8) is 0 Å². The van der Waals surface area contributed by atoms with Gasteiger partial charge in [0.25, 0.3) is 5.91 Å². The highest BCUT2D eigenvalue weighted by atomic mass is 16.5. The van der Waals surface area contributed by atoms with Crippen molar-refractivity contribution >= 4 is 22.4 Å². The summed E-state index contributed by atoms with van der Waals surface area (Å²) in [7, 11) is 1.63. The number of hydrogen-bond donors (Lipinski definition) is 0. The van der Waals surface area contributed by atoms with Gasteiger partial charge in [0, 0.05) is 22.6 Å². The molecular weight excluding hydrogens is 340 g/mol. The Morgan fingerprint density at radius 1 is 1.04 bits per heavy atom. The van der Waals surface area contributed by atoms with Gasteiger partial charge >= 0.3 is 0 Å². The van der Waals surface area contributed by atoms with E-state index in [0.717, 1.165) is 39.0 Å². The molecular formula is C22H16N2O3. The Hall–Kier alpha value is -3.60. The summed E-state index contributed by atoms with van der Waals surface area (Å²) in [4.78, 5) is 14.6. The van der Waals surface area contributed by atoms with Crippen molar-refractivity contribution in [3.8, 4) is 17.0 Å². The summed E-state index contributed by atoms with van der Waals surface area (Å²) in [6.45, 7) is 0.343. The van der Waals surface area contributed by atoms with Crippen LogP contribution in [0.25, 0.3) is 22.0 Å². The van der Waals surface area contributed by atoms with E-state index in [2.05, 4.69) is 5.16 Å². The van der Waals surface area contributed by atoms with Gasteiger partial charge in [-0.1, -0.05) is 29.4 Å². The average Bonchev–Trinajstić information content (AvgIpc) is 3.29. The zero-order valence-corrected chi connectivity index (χ0v) is 14.7. The third kappa shape index (κ3) is 2.47. The molecule has 0 fully saturated rings. The number of aromatic nitrogens is 1. The van der Waals surface area contributed by atoms with Gasteiger partial charge in [0.1, 0.15) is 11.4 Å². The molecule has 0 bridgehead atoms. The first-order chi connectivity index (χ1) is 13.2. The summed E-state index contributed by atoms with van der Waals surface area (Å²) in [5.74, 6) is 1.42. The van der Waals surface area contributed by atoms with E-state index >= 15 is 0 Å². The number of methoxy groups -OCH3 is 1. The van der Waals surface area contributed by atoms with E-state index in [0.29, 0.717) is 12.3 Å². The van der Waals surface area contributed by atoms with E-state index in [1.165, 1.54) is 0 Å². The van der Waals surface area contributed by atoms with Crippen molar-refractivity contribution in [1.29, 1.82) is 0 Å². The van der Waals surface area contributed by atoms with E-state index < -0.39 is 0 Å². The van der Waals surface area contributed by atoms with Gasteiger partial charge in [-0.15, -0.1) is 0 Å². The molecule has 1 aliphatic rings. The van der Waals surface area contributed by atoms with Crippen molar-refractivity contribution in [2.45, 2.75) is 6.54 Å². The second kappa shape index (κ2) is 5.99. The number of nitrogens with zero attached hydrogens (tertiary/aromatic N) is 2. The highest BCUT2D eigenvalue weighted by Gasteiger charge is 2.30. The summed E-state index contributed by atoms with van der Waals surface area (Å²) in [6, 6.07) is 21.3. The van der Waals surface area contributed by atoms with E-state index in [9.17, 15) is 4.79 Å². The van der Waals surface area contributed by atoms with E-state index in [4.69, 9.17) is 9.26 Å². The van der Waals surface area contributed by atoms with Gasteiger partial charge in [-0.3, -0.25) is 9.69 Å². The van der Waals surface area contributed by atoms with Crippen molar-refractivity contribution < 1.29 is 14.1 Å². The van der Waals surface area contributed by atoms with Crippen LogP contribution >= 0.6 is 0 Å². The van der Waals surface area contributed by atoms with Crippen LogP contribution in [0.2, 0.25) is 0 Å². The standard InChI is InChI=1S/C22H16N2O3/c1-26-16-10-8-14(9-11-16)19-12-17(27-23-19)13-24-20-7-3-5-15-4-2-6-18(21(15)20)22(24)25/h2-12H,13H2,1H3. The van der Waals surface area contributed by atoms with Gasteiger partial charge < -0.3 is 9.26 Å². The maximum atomic E-state index is 12.9. The molecule has 2 heterocycles. The highest BCUT2D eigenvalue weighted by Crippen LogP contribution is 2.38. The first-order valence-corrected chi connectivity index (χ1v) is 8.68. The number of hydrogen-bond acceptors (Lipinski definition) is 4. The predicted molar refractivity (Wildman–Crippen MR) is 103 cm³/mol. The smallest absolute Gasteiger partial charge is 0.259 e. The lowest BCUT2D eigenvalue weighted by molar-refractivity contribution is 0.0989. The van der Waals surface area contributed by atoms with Gasteiger partial charge in [-0.2, -0.15) is 0 Å². The van der Waals surface area contributed by atoms with Crippen LogP contribution in [0.3, 0.4) is 0 Å². The Balaban J connectivity index is 1.46. The van der Waals surface area contributed by atoms with Gasteiger partial charge in [0.05, 0.1) is 19.3 Å². The molecule has 0 unspecified atom stereocenters. The quantitative estimate of drug-likeness (QED) is 0.533. The first kappa shape index (κ1) is 15.6. The molecule has 0 spiro atoms. The summed E-state index contributed by atoms with van der Waals surface area (Å²) in [5, 5.41) is 6.22. The van der Waals surface area contributed by atoms with Gasteiger partial charge in [0.15, 0.2) is 5.76 Å². The van der Waals surface area contributed by atoms with E-state index in [-0.39, 0.29) is 5.91 Å². The molecule has 0 N–H and O–H groups in total. The lowest BCUT2D eigenvalue weighted by Crippen LogP contribution is -2.25. The number of rotatable bonds is 4. The largest absolute Gasteiger partial charge is 0.497 e. The van der Waals surface area contributed by atoms with Gasteiger partial charge in [0.2, 0.25) is 0 Å². The summed E-state index contributed by atoms with van der Waals surface area (Å²) in [5.41, 5.74) is 3.31. The van der Waals surface area contributed by atoms with Gasteiger partial charge in [-0.25, -0.2) is 0 Å². The van der Waals surface area contributed by atoms with Crippen LogP contribution in [0.4, 0.5) is 5.69 Å². The summed E-state index contributed by atoms with van der Waals surface area (Å²) in [6.07, 6.45) is 0.